The molecule has 1 aliphatic heterocycles. The highest BCUT2D eigenvalue weighted by molar-refractivity contribution is 5.86. The Morgan fingerprint density at radius 2 is 1.74 bits per heavy atom. The van der Waals surface area contributed by atoms with Gasteiger partial charge in [0.1, 0.15) is 25.0 Å². The standard InChI is InChI=1S/C20H21NO6/c1-25-20(24)16(10-13-2-5-15(22)6-3-13)21-19(23)12-14-4-7-17-18(11-14)27-9-8-26-17/h2-7,11,16,22H,8-10,12H2,1H3,(H,21,23). The van der Waals surface area contributed by atoms with E-state index in [0.29, 0.717) is 24.7 Å². The normalized spacial score (nSPS) is 13.5. The molecule has 7 nitrogen and oxygen atoms in total. The summed E-state index contributed by atoms with van der Waals surface area (Å²) in [5.74, 6) is 0.570. The van der Waals surface area contributed by atoms with Crippen LogP contribution in [0.4, 0.5) is 0 Å². The third-order valence-electron chi connectivity index (χ3n) is 4.17. The molecule has 142 valence electrons. The fourth-order valence-corrected chi connectivity index (χ4v) is 2.83. The minimum Gasteiger partial charge on any atom is -0.508 e. The van der Waals surface area contributed by atoms with Crippen LogP contribution in [0.1, 0.15) is 11.1 Å². The fraction of sp³-hybridized carbons (Fsp3) is 0.300. The highest BCUT2D eigenvalue weighted by atomic mass is 16.6. The lowest BCUT2D eigenvalue weighted by Gasteiger charge is -2.19. The van der Waals surface area contributed by atoms with Crippen molar-refractivity contribution in [1.29, 1.82) is 0 Å². The Bertz CT molecular complexity index is 818. The summed E-state index contributed by atoms with van der Waals surface area (Å²) in [7, 11) is 1.28. The second kappa shape index (κ2) is 8.44. The zero-order valence-electron chi connectivity index (χ0n) is 14.9. The van der Waals surface area contributed by atoms with Crippen LogP contribution >= 0.6 is 0 Å². The molecule has 0 radical (unpaired) electrons. The number of ether oxygens (including phenoxy) is 3. The first-order valence-corrected chi connectivity index (χ1v) is 8.59. The van der Waals surface area contributed by atoms with Crippen molar-refractivity contribution in [3.63, 3.8) is 0 Å². The zero-order chi connectivity index (χ0) is 19.2. The molecule has 2 aromatic carbocycles. The Morgan fingerprint density at radius 3 is 2.44 bits per heavy atom. The fourth-order valence-electron chi connectivity index (χ4n) is 2.83. The van der Waals surface area contributed by atoms with Gasteiger partial charge >= 0.3 is 5.97 Å². The van der Waals surface area contributed by atoms with Crippen molar-refractivity contribution in [2.45, 2.75) is 18.9 Å². The highest BCUT2D eigenvalue weighted by Gasteiger charge is 2.22. The molecule has 2 aromatic rings. The Balaban J connectivity index is 1.65. The van der Waals surface area contributed by atoms with Gasteiger partial charge in [-0.3, -0.25) is 4.79 Å². The number of fused-ring (bicyclic) bond motifs is 1. The average molecular weight is 371 g/mol. The van der Waals surface area contributed by atoms with Gasteiger partial charge in [-0.2, -0.15) is 0 Å². The van der Waals surface area contributed by atoms with Crippen LogP contribution in [0.5, 0.6) is 17.2 Å². The number of esters is 1. The maximum absolute atomic E-state index is 12.4. The van der Waals surface area contributed by atoms with E-state index in [1.54, 1.807) is 30.3 Å². The summed E-state index contributed by atoms with van der Waals surface area (Å²) in [5, 5.41) is 12.1. The van der Waals surface area contributed by atoms with Gasteiger partial charge in [0.25, 0.3) is 0 Å². The molecule has 0 fully saturated rings. The van der Waals surface area contributed by atoms with Crippen molar-refractivity contribution < 1.29 is 28.9 Å². The molecule has 0 saturated carbocycles. The number of phenols is 1. The van der Waals surface area contributed by atoms with Crippen molar-refractivity contribution in [1.82, 2.24) is 5.32 Å². The maximum Gasteiger partial charge on any atom is 0.328 e. The van der Waals surface area contributed by atoms with E-state index >= 15 is 0 Å². The zero-order valence-corrected chi connectivity index (χ0v) is 14.9. The number of benzene rings is 2. The van der Waals surface area contributed by atoms with Crippen molar-refractivity contribution >= 4 is 11.9 Å². The molecule has 3 rings (SSSR count). The van der Waals surface area contributed by atoms with Crippen molar-refractivity contribution in [2.24, 2.45) is 0 Å². The smallest absolute Gasteiger partial charge is 0.328 e. The van der Waals surface area contributed by atoms with E-state index in [0.717, 1.165) is 11.1 Å². The summed E-state index contributed by atoms with van der Waals surface area (Å²) >= 11 is 0. The van der Waals surface area contributed by atoms with Crippen LogP contribution in [0.3, 0.4) is 0 Å². The summed E-state index contributed by atoms with van der Waals surface area (Å²) in [6.07, 6.45) is 0.361. The number of methoxy groups -OCH3 is 1. The number of carbonyl (C=O) groups is 2. The van der Waals surface area contributed by atoms with Crippen LogP contribution in [0, 0.1) is 0 Å². The predicted octanol–water partition coefficient (Wildman–Crippen LogP) is 1.61. The van der Waals surface area contributed by atoms with Gasteiger partial charge in [-0.15, -0.1) is 0 Å². The molecule has 7 heteroatoms. The first-order valence-electron chi connectivity index (χ1n) is 8.59. The van der Waals surface area contributed by atoms with Crippen molar-refractivity contribution in [3.8, 4) is 17.2 Å². The number of amides is 1. The largest absolute Gasteiger partial charge is 0.508 e. The molecule has 0 saturated heterocycles. The molecule has 0 bridgehead atoms. The first kappa shape index (κ1) is 18.6. The van der Waals surface area contributed by atoms with E-state index in [9.17, 15) is 14.7 Å². The first-order chi connectivity index (χ1) is 13.0. The lowest BCUT2D eigenvalue weighted by molar-refractivity contribution is -0.145. The monoisotopic (exact) mass is 371 g/mol. The molecular weight excluding hydrogens is 350 g/mol. The Morgan fingerprint density at radius 1 is 1.07 bits per heavy atom. The van der Waals surface area contributed by atoms with Crippen LogP contribution < -0.4 is 14.8 Å². The van der Waals surface area contributed by atoms with E-state index in [1.165, 1.54) is 19.2 Å². The van der Waals surface area contributed by atoms with Crippen molar-refractivity contribution in [3.05, 3.63) is 53.6 Å². The van der Waals surface area contributed by atoms with Crippen LogP contribution in [-0.4, -0.2) is 43.3 Å². The minimum absolute atomic E-state index is 0.0969. The van der Waals surface area contributed by atoms with Crippen LogP contribution in [0.15, 0.2) is 42.5 Å². The molecule has 1 aliphatic rings. The number of rotatable bonds is 6. The third kappa shape index (κ3) is 4.91. The van der Waals surface area contributed by atoms with Gasteiger partial charge < -0.3 is 24.6 Å². The van der Waals surface area contributed by atoms with Gasteiger partial charge in [0.05, 0.1) is 13.5 Å². The van der Waals surface area contributed by atoms with Gasteiger partial charge in [-0.05, 0) is 35.4 Å². The summed E-state index contributed by atoms with van der Waals surface area (Å²) in [6.45, 7) is 0.977. The van der Waals surface area contributed by atoms with Crippen LogP contribution in [-0.2, 0) is 27.2 Å². The molecule has 1 unspecified atom stereocenters. The molecule has 0 aliphatic carbocycles. The van der Waals surface area contributed by atoms with Gasteiger partial charge in [0.2, 0.25) is 5.91 Å². The van der Waals surface area contributed by atoms with Crippen LogP contribution in [0.25, 0.3) is 0 Å². The number of carbonyl (C=O) groups excluding carboxylic acids is 2. The van der Waals surface area contributed by atoms with E-state index in [4.69, 9.17) is 14.2 Å². The molecular formula is C20H21NO6. The summed E-state index contributed by atoms with van der Waals surface area (Å²) < 4.78 is 15.8. The average Bonchev–Trinajstić information content (AvgIpc) is 2.68. The SMILES string of the molecule is COC(=O)C(Cc1ccc(O)cc1)NC(=O)Cc1ccc2c(c1)OCCO2. The molecule has 1 heterocycles. The number of hydrogen-bond acceptors (Lipinski definition) is 6. The molecule has 27 heavy (non-hydrogen) atoms. The Labute approximate surface area is 156 Å². The molecule has 1 amide bonds. The summed E-state index contributed by atoms with van der Waals surface area (Å²) in [4.78, 5) is 24.5. The van der Waals surface area contributed by atoms with Gasteiger partial charge in [-0.25, -0.2) is 4.79 Å². The second-order valence-electron chi connectivity index (χ2n) is 6.17. The second-order valence-corrected chi connectivity index (χ2v) is 6.17. The van der Waals surface area contributed by atoms with Crippen molar-refractivity contribution in [2.75, 3.05) is 20.3 Å². The lowest BCUT2D eigenvalue weighted by Crippen LogP contribution is -2.43. The third-order valence-corrected chi connectivity index (χ3v) is 4.17. The lowest BCUT2D eigenvalue weighted by atomic mass is 10.0. The number of aromatic hydroxyl groups is 1. The Hall–Kier alpha value is -3.22. The molecule has 1 atom stereocenters. The van der Waals surface area contributed by atoms with E-state index in [1.807, 2.05) is 0 Å². The summed E-state index contributed by atoms with van der Waals surface area (Å²) in [6, 6.07) is 11.0. The number of nitrogens with one attached hydrogen (secondary N) is 1. The van der Waals surface area contributed by atoms with E-state index in [-0.39, 0.29) is 24.5 Å². The summed E-state index contributed by atoms with van der Waals surface area (Å²) in [5.41, 5.74) is 1.55. The van der Waals surface area contributed by atoms with Gasteiger partial charge in [0.15, 0.2) is 11.5 Å². The topological polar surface area (TPSA) is 94.1 Å². The van der Waals surface area contributed by atoms with E-state index in [2.05, 4.69) is 5.32 Å². The molecule has 0 spiro atoms. The minimum atomic E-state index is -0.816. The Kier molecular flexibility index (Phi) is 5.80. The predicted molar refractivity (Wildman–Crippen MR) is 96.9 cm³/mol. The van der Waals surface area contributed by atoms with Crippen LogP contribution in [0.2, 0.25) is 0 Å². The maximum atomic E-state index is 12.4. The molecule has 0 aromatic heterocycles. The quantitative estimate of drug-likeness (QED) is 0.750. The number of hydrogen-bond donors (Lipinski definition) is 2. The number of phenolic OH excluding ortho intramolecular Hbond substituents is 1. The van der Waals surface area contributed by atoms with E-state index < -0.39 is 12.0 Å². The van der Waals surface area contributed by atoms with Gasteiger partial charge in [0, 0.05) is 6.42 Å². The highest BCUT2D eigenvalue weighted by Crippen LogP contribution is 2.30. The molecule has 2 N–H and O–H groups in total. The van der Waals surface area contributed by atoms with Gasteiger partial charge in [-0.1, -0.05) is 18.2 Å².